The van der Waals surface area contributed by atoms with Crippen molar-refractivity contribution in [2.75, 3.05) is 13.6 Å². The third-order valence-corrected chi connectivity index (χ3v) is 4.08. The summed E-state index contributed by atoms with van der Waals surface area (Å²) < 4.78 is 10.3. The van der Waals surface area contributed by atoms with Crippen molar-refractivity contribution in [2.24, 2.45) is 0 Å². The second-order valence-electron chi connectivity index (χ2n) is 7.88. The van der Waals surface area contributed by atoms with Crippen LogP contribution in [0.3, 0.4) is 0 Å². The number of nitrogens with zero attached hydrogens (tertiary/aromatic N) is 1. The molecule has 1 N–H and O–H groups in total. The molecule has 0 saturated heterocycles. The number of carbonyl (C=O) groups is 3. The van der Waals surface area contributed by atoms with Crippen LogP contribution in [0.15, 0.2) is 54.6 Å². The van der Waals surface area contributed by atoms with E-state index in [-0.39, 0.29) is 18.9 Å². The summed E-state index contributed by atoms with van der Waals surface area (Å²) >= 11 is 0. The topological polar surface area (TPSA) is 93.1 Å². The predicted octanol–water partition coefficient (Wildman–Crippen LogP) is 3.51. The Bertz CT molecular complexity index is 871. The first-order chi connectivity index (χ1) is 14.1. The van der Waals surface area contributed by atoms with Crippen molar-refractivity contribution in [3.8, 4) is 0 Å². The molecule has 0 heterocycles. The average Bonchev–Trinajstić information content (AvgIpc) is 2.71. The van der Waals surface area contributed by atoms with Crippen molar-refractivity contribution < 1.29 is 29.0 Å². The van der Waals surface area contributed by atoms with Crippen LogP contribution >= 0.6 is 0 Å². The number of Topliss-reactive ketones (excluding diaryl/α,β-unsaturated/α-hetero) is 1. The van der Waals surface area contributed by atoms with Gasteiger partial charge in [-0.3, -0.25) is 4.79 Å². The molecule has 0 aliphatic carbocycles. The maximum Gasteiger partial charge on any atom is 0.410 e. The van der Waals surface area contributed by atoms with E-state index in [1.165, 1.54) is 36.2 Å². The molecule has 0 aliphatic heterocycles. The molecule has 0 bridgehead atoms. The van der Waals surface area contributed by atoms with Gasteiger partial charge in [-0.05, 0) is 31.9 Å². The lowest BCUT2D eigenvalue weighted by Crippen LogP contribution is -2.32. The van der Waals surface area contributed by atoms with Gasteiger partial charge in [0.05, 0.1) is 6.54 Å². The Hall–Kier alpha value is -3.19. The largest absolute Gasteiger partial charge is 0.458 e. The summed E-state index contributed by atoms with van der Waals surface area (Å²) in [5.41, 5.74) is 0.798. The Labute approximate surface area is 176 Å². The lowest BCUT2D eigenvalue weighted by molar-refractivity contribution is -0.165. The summed E-state index contributed by atoms with van der Waals surface area (Å²) in [6.07, 6.45) is -2.05. The number of rotatable bonds is 7. The van der Waals surface area contributed by atoms with E-state index in [4.69, 9.17) is 9.47 Å². The first kappa shape index (κ1) is 23.1. The van der Waals surface area contributed by atoms with Crippen LogP contribution in [0.4, 0.5) is 4.79 Å². The first-order valence-corrected chi connectivity index (χ1v) is 9.53. The van der Waals surface area contributed by atoms with Crippen molar-refractivity contribution in [1.82, 2.24) is 4.90 Å². The fourth-order valence-electron chi connectivity index (χ4n) is 2.55. The minimum absolute atomic E-state index is 0.120. The Kier molecular flexibility index (Phi) is 7.72. The molecule has 1 unspecified atom stereocenters. The standard InChI is InChI=1S/C23H27NO6/c1-23(2,3)30-21(27)20(26)18-12-10-17(11-13-18)19(25)14-24(4)22(28)29-15-16-8-6-5-7-9-16/h5-13,20,26H,14-15H2,1-4H3. The average molecular weight is 413 g/mol. The Morgan fingerprint density at radius 3 is 2.17 bits per heavy atom. The number of hydrogen-bond donors (Lipinski definition) is 1. The zero-order valence-corrected chi connectivity index (χ0v) is 17.6. The highest BCUT2D eigenvalue weighted by Gasteiger charge is 2.25. The highest BCUT2D eigenvalue weighted by molar-refractivity contribution is 5.99. The lowest BCUT2D eigenvalue weighted by atomic mass is 10.0. The van der Waals surface area contributed by atoms with Gasteiger partial charge >= 0.3 is 12.1 Å². The van der Waals surface area contributed by atoms with Crippen molar-refractivity contribution in [3.05, 3.63) is 71.3 Å². The molecule has 0 aromatic heterocycles. The van der Waals surface area contributed by atoms with Crippen LogP contribution in [0.2, 0.25) is 0 Å². The van der Waals surface area contributed by atoms with Gasteiger partial charge in [0, 0.05) is 12.6 Å². The van der Waals surface area contributed by atoms with Crippen LogP contribution in [0.25, 0.3) is 0 Å². The minimum Gasteiger partial charge on any atom is -0.458 e. The molecule has 1 atom stereocenters. The Morgan fingerprint density at radius 1 is 1.00 bits per heavy atom. The van der Waals surface area contributed by atoms with Crippen LogP contribution in [0, 0.1) is 0 Å². The number of likely N-dealkylation sites (N-methyl/N-ethyl adjacent to an activating group) is 1. The molecular weight excluding hydrogens is 386 g/mol. The molecule has 1 amide bonds. The van der Waals surface area contributed by atoms with E-state index in [0.717, 1.165) is 5.56 Å². The number of hydrogen-bond acceptors (Lipinski definition) is 6. The third-order valence-electron chi connectivity index (χ3n) is 4.08. The van der Waals surface area contributed by atoms with E-state index in [2.05, 4.69) is 0 Å². The molecule has 7 nitrogen and oxygen atoms in total. The van der Waals surface area contributed by atoms with Crippen LogP contribution in [-0.2, 0) is 20.9 Å². The molecule has 0 aliphatic rings. The minimum atomic E-state index is -1.44. The predicted molar refractivity (Wildman–Crippen MR) is 111 cm³/mol. The smallest absolute Gasteiger partial charge is 0.410 e. The number of aliphatic hydroxyl groups excluding tert-OH is 1. The van der Waals surface area contributed by atoms with Crippen molar-refractivity contribution >= 4 is 17.8 Å². The number of aliphatic hydroxyl groups is 1. The molecule has 0 radical (unpaired) electrons. The molecular formula is C23H27NO6. The lowest BCUT2D eigenvalue weighted by Gasteiger charge is -2.22. The van der Waals surface area contributed by atoms with Crippen molar-refractivity contribution in [3.63, 3.8) is 0 Å². The molecule has 7 heteroatoms. The Balaban J connectivity index is 1.90. The van der Waals surface area contributed by atoms with E-state index in [9.17, 15) is 19.5 Å². The maximum absolute atomic E-state index is 12.4. The number of amides is 1. The van der Waals surface area contributed by atoms with Crippen LogP contribution in [0.1, 0.15) is 48.4 Å². The van der Waals surface area contributed by atoms with E-state index in [0.29, 0.717) is 11.1 Å². The molecule has 30 heavy (non-hydrogen) atoms. The maximum atomic E-state index is 12.4. The summed E-state index contributed by atoms with van der Waals surface area (Å²) in [4.78, 5) is 37.7. The summed E-state index contributed by atoms with van der Waals surface area (Å²) in [5, 5.41) is 10.1. The molecule has 160 valence electrons. The van der Waals surface area contributed by atoms with Crippen LogP contribution in [0.5, 0.6) is 0 Å². The number of esters is 1. The second kappa shape index (κ2) is 10.0. The fourth-order valence-corrected chi connectivity index (χ4v) is 2.55. The van der Waals surface area contributed by atoms with E-state index in [1.807, 2.05) is 30.3 Å². The van der Waals surface area contributed by atoms with Crippen molar-refractivity contribution in [2.45, 2.75) is 39.1 Å². The summed E-state index contributed by atoms with van der Waals surface area (Å²) in [6.45, 7) is 5.08. The molecule has 0 fully saturated rings. The highest BCUT2D eigenvalue weighted by Crippen LogP contribution is 2.19. The molecule has 2 aromatic carbocycles. The van der Waals surface area contributed by atoms with Gasteiger partial charge in [-0.1, -0.05) is 54.6 Å². The SMILES string of the molecule is CN(CC(=O)c1ccc(C(O)C(=O)OC(C)(C)C)cc1)C(=O)OCc1ccccc1. The summed E-state index contributed by atoms with van der Waals surface area (Å²) in [6, 6.07) is 15.2. The van der Waals surface area contributed by atoms with Gasteiger partial charge in [0.25, 0.3) is 0 Å². The molecule has 2 rings (SSSR count). The number of ketones is 1. The second-order valence-corrected chi connectivity index (χ2v) is 7.88. The van der Waals surface area contributed by atoms with Gasteiger partial charge in [-0.2, -0.15) is 0 Å². The zero-order valence-electron chi connectivity index (χ0n) is 17.6. The van der Waals surface area contributed by atoms with Crippen LogP contribution in [-0.4, -0.2) is 47.0 Å². The Morgan fingerprint density at radius 2 is 1.60 bits per heavy atom. The van der Waals surface area contributed by atoms with E-state index < -0.39 is 23.8 Å². The van der Waals surface area contributed by atoms with Gasteiger partial charge in [0.2, 0.25) is 0 Å². The van der Waals surface area contributed by atoms with E-state index in [1.54, 1.807) is 20.8 Å². The normalized spacial score (nSPS) is 12.0. The quantitative estimate of drug-likeness (QED) is 0.552. The van der Waals surface area contributed by atoms with Crippen molar-refractivity contribution in [1.29, 1.82) is 0 Å². The fraction of sp³-hybridized carbons (Fsp3) is 0.348. The van der Waals surface area contributed by atoms with Gasteiger partial charge in [0.1, 0.15) is 12.2 Å². The number of ether oxygens (including phenoxy) is 2. The zero-order chi connectivity index (χ0) is 22.3. The third kappa shape index (κ3) is 7.00. The summed E-state index contributed by atoms with van der Waals surface area (Å²) in [7, 11) is 1.48. The molecule has 2 aromatic rings. The summed E-state index contributed by atoms with van der Waals surface area (Å²) in [5.74, 6) is -1.06. The highest BCUT2D eigenvalue weighted by atomic mass is 16.6. The monoisotopic (exact) mass is 413 g/mol. The number of carbonyl (C=O) groups excluding carboxylic acids is 3. The van der Waals surface area contributed by atoms with Gasteiger partial charge in [0.15, 0.2) is 11.9 Å². The first-order valence-electron chi connectivity index (χ1n) is 9.53. The van der Waals surface area contributed by atoms with Gasteiger partial charge in [-0.15, -0.1) is 0 Å². The molecule has 0 saturated carbocycles. The molecule has 0 spiro atoms. The number of benzene rings is 2. The van der Waals surface area contributed by atoms with Crippen LogP contribution < -0.4 is 0 Å². The van der Waals surface area contributed by atoms with Gasteiger partial charge < -0.3 is 19.5 Å². The van der Waals surface area contributed by atoms with Gasteiger partial charge in [-0.25, -0.2) is 9.59 Å². The van der Waals surface area contributed by atoms with E-state index >= 15 is 0 Å².